The van der Waals surface area contributed by atoms with Gasteiger partial charge in [-0.2, -0.15) is 0 Å². The predicted molar refractivity (Wildman–Crippen MR) is 65.4 cm³/mol. The molecule has 2 nitrogen and oxygen atoms in total. The largest absolute Gasteiger partial charge is 0.468 e. The molecule has 2 aromatic rings. The fourth-order valence-corrected chi connectivity index (χ4v) is 1.90. The van der Waals surface area contributed by atoms with Crippen molar-refractivity contribution in [3.05, 3.63) is 59.0 Å². The monoisotopic (exact) mass is 235 g/mol. The zero-order valence-corrected chi connectivity index (χ0v) is 9.87. The summed E-state index contributed by atoms with van der Waals surface area (Å²) in [5.41, 5.74) is 1.11. The maximum Gasteiger partial charge on any atom is 0.117 e. The van der Waals surface area contributed by atoms with Gasteiger partial charge in [0.25, 0.3) is 0 Å². The maximum absolute atomic E-state index is 6.12. The molecular weight excluding hydrogens is 222 g/mol. The highest BCUT2D eigenvalue weighted by molar-refractivity contribution is 6.31. The van der Waals surface area contributed by atoms with E-state index in [4.69, 9.17) is 16.0 Å². The Morgan fingerprint density at radius 2 is 2.06 bits per heavy atom. The Kier molecular flexibility index (Phi) is 3.65. The van der Waals surface area contributed by atoms with Crippen LogP contribution in [0.25, 0.3) is 0 Å². The Morgan fingerprint density at radius 1 is 1.25 bits per heavy atom. The molecule has 0 aliphatic heterocycles. The molecule has 3 heteroatoms. The van der Waals surface area contributed by atoms with Crippen molar-refractivity contribution >= 4 is 11.6 Å². The van der Waals surface area contributed by atoms with Gasteiger partial charge in [-0.1, -0.05) is 29.8 Å². The fourth-order valence-electron chi connectivity index (χ4n) is 1.60. The summed E-state index contributed by atoms with van der Waals surface area (Å²) in [7, 11) is 0. The van der Waals surface area contributed by atoms with Crippen LogP contribution in [0.2, 0.25) is 5.02 Å². The summed E-state index contributed by atoms with van der Waals surface area (Å²) in [5.74, 6) is 0.930. The minimum absolute atomic E-state index is 0.207. The molecule has 0 radical (unpaired) electrons. The first-order valence-electron chi connectivity index (χ1n) is 5.27. The third kappa shape index (κ3) is 2.65. The van der Waals surface area contributed by atoms with Gasteiger partial charge in [0.2, 0.25) is 0 Å². The Labute approximate surface area is 100 Å². The van der Waals surface area contributed by atoms with Crippen molar-refractivity contribution < 1.29 is 4.42 Å². The van der Waals surface area contributed by atoms with Crippen molar-refractivity contribution in [3.63, 3.8) is 0 Å². The van der Waals surface area contributed by atoms with Gasteiger partial charge >= 0.3 is 0 Å². The molecule has 0 fully saturated rings. The summed E-state index contributed by atoms with van der Waals surface area (Å²) in [6.45, 7) is 2.80. The summed E-state index contributed by atoms with van der Waals surface area (Å²) in [4.78, 5) is 0. The van der Waals surface area contributed by atoms with Crippen LogP contribution in [-0.2, 0) is 6.54 Å². The molecule has 1 heterocycles. The minimum Gasteiger partial charge on any atom is -0.468 e. The molecule has 84 valence electrons. The van der Waals surface area contributed by atoms with Crippen LogP contribution in [0.3, 0.4) is 0 Å². The van der Waals surface area contributed by atoms with Crippen molar-refractivity contribution in [1.29, 1.82) is 0 Å². The number of hydrogen-bond acceptors (Lipinski definition) is 2. The third-order valence-electron chi connectivity index (χ3n) is 2.53. The van der Waals surface area contributed by atoms with Crippen molar-refractivity contribution in [3.8, 4) is 0 Å². The van der Waals surface area contributed by atoms with E-state index in [1.54, 1.807) is 6.26 Å². The van der Waals surface area contributed by atoms with Gasteiger partial charge in [-0.3, -0.25) is 0 Å². The highest BCUT2D eigenvalue weighted by Gasteiger charge is 2.08. The van der Waals surface area contributed by atoms with E-state index in [2.05, 4.69) is 12.2 Å². The summed E-state index contributed by atoms with van der Waals surface area (Å²) in [6.07, 6.45) is 1.68. The average molecular weight is 236 g/mol. The molecule has 0 aliphatic rings. The highest BCUT2D eigenvalue weighted by Crippen LogP contribution is 2.22. The second-order valence-electron chi connectivity index (χ2n) is 3.70. The van der Waals surface area contributed by atoms with E-state index < -0.39 is 0 Å². The molecular formula is C13H14ClNO. The maximum atomic E-state index is 6.12. The van der Waals surface area contributed by atoms with Gasteiger partial charge in [-0.05, 0) is 30.7 Å². The minimum atomic E-state index is 0.207. The Bertz CT molecular complexity index is 439. The Hall–Kier alpha value is -1.25. The van der Waals surface area contributed by atoms with Crippen molar-refractivity contribution in [2.75, 3.05) is 0 Å². The van der Waals surface area contributed by atoms with Crippen LogP contribution in [-0.4, -0.2) is 0 Å². The van der Waals surface area contributed by atoms with Crippen LogP contribution < -0.4 is 5.32 Å². The van der Waals surface area contributed by atoms with Gasteiger partial charge in [0.1, 0.15) is 5.76 Å². The summed E-state index contributed by atoms with van der Waals surface area (Å²) in [5, 5.41) is 4.16. The molecule has 1 unspecified atom stereocenters. The van der Waals surface area contributed by atoms with Gasteiger partial charge in [-0.15, -0.1) is 0 Å². The van der Waals surface area contributed by atoms with Gasteiger partial charge in [0.05, 0.1) is 12.8 Å². The van der Waals surface area contributed by atoms with Gasteiger partial charge in [-0.25, -0.2) is 0 Å². The molecule has 0 aliphatic carbocycles. The quantitative estimate of drug-likeness (QED) is 0.873. The first-order valence-corrected chi connectivity index (χ1v) is 5.65. The zero-order chi connectivity index (χ0) is 11.4. The van der Waals surface area contributed by atoms with Gasteiger partial charge in [0.15, 0.2) is 0 Å². The van der Waals surface area contributed by atoms with E-state index in [0.717, 1.165) is 16.3 Å². The lowest BCUT2D eigenvalue weighted by molar-refractivity contribution is 0.460. The third-order valence-corrected chi connectivity index (χ3v) is 2.88. The van der Waals surface area contributed by atoms with Crippen LogP contribution in [0, 0.1) is 0 Å². The molecule has 1 aromatic heterocycles. The van der Waals surface area contributed by atoms with E-state index >= 15 is 0 Å². The molecule has 0 bridgehead atoms. The summed E-state index contributed by atoms with van der Waals surface area (Å²) >= 11 is 6.12. The molecule has 0 saturated carbocycles. The number of benzene rings is 1. The van der Waals surface area contributed by atoms with Crippen LogP contribution in [0.5, 0.6) is 0 Å². The molecule has 1 N–H and O–H groups in total. The number of nitrogens with one attached hydrogen (secondary N) is 1. The lowest BCUT2D eigenvalue weighted by Gasteiger charge is -2.14. The first kappa shape index (κ1) is 11.2. The number of hydrogen-bond donors (Lipinski definition) is 1. The highest BCUT2D eigenvalue weighted by atomic mass is 35.5. The fraction of sp³-hybridized carbons (Fsp3) is 0.231. The smallest absolute Gasteiger partial charge is 0.117 e. The average Bonchev–Trinajstić information content (AvgIpc) is 2.79. The SMILES string of the molecule is CC(NCc1ccco1)c1ccccc1Cl. The van der Waals surface area contributed by atoms with Crippen molar-refractivity contribution in [1.82, 2.24) is 5.32 Å². The van der Waals surface area contributed by atoms with E-state index in [1.807, 2.05) is 36.4 Å². The predicted octanol–water partition coefficient (Wildman–Crippen LogP) is 3.78. The number of rotatable bonds is 4. The standard InChI is InChI=1S/C13H14ClNO/c1-10(12-6-2-3-7-13(12)14)15-9-11-5-4-8-16-11/h2-8,10,15H,9H2,1H3. The molecule has 16 heavy (non-hydrogen) atoms. The molecule has 2 rings (SSSR count). The van der Waals surface area contributed by atoms with E-state index in [0.29, 0.717) is 6.54 Å². The first-order chi connectivity index (χ1) is 7.77. The van der Waals surface area contributed by atoms with E-state index in [-0.39, 0.29) is 6.04 Å². The van der Waals surface area contributed by atoms with Gasteiger partial charge in [0, 0.05) is 11.1 Å². The Morgan fingerprint density at radius 3 is 2.75 bits per heavy atom. The lowest BCUT2D eigenvalue weighted by Crippen LogP contribution is -2.17. The van der Waals surface area contributed by atoms with Crippen LogP contribution in [0.15, 0.2) is 47.1 Å². The second-order valence-corrected chi connectivity index (χ2v) is 4.11. The molecule has 0 saturated heterocycles. The van der Waals surface area contributed by atoms with Crippen molar-refractivity contribution in [2.45, 2.75) is 19.5 Å². The normalized spacial score (nSPS) is 12.6. The lowest BCUT2D eigenvalue weighted by atomic mass is 10.1. The van der Waals surface area contributed by atoms with E-state index in [9.17, 15) is 0 Å². The number of halogens is 1. The van der Waals surface area contributed by atoms with E-state index in [1.165, 1.54) is 0 Å². The zero-order valence-electron chi connectivity index (χ0n) is 9.11. The topological polar surface area (TPSA) is 25.2 Å². The molecule has 1 atom stereocenters. The molecule has 1 aromatic carbocycles. The second kappa shape index (κ2) is 5.19. The van der Waals surface area contributed by atoms with Gasteiger partial charge < -0.3 is 9.73 Å². The molecule has 0 amide bonds. The summed E-state index contributed by atoms with van der Waals surface area (Å²) in [6, 6.07) is 11.9. The van der Waals surface area contributed by atoms with Crippen LogP contribution in [0.4, 0.5) is 0 Å². The summed E-state index contributed by atoms with van der Waals surface area (Å²) < 4.78 is 5.25. The van der Waals surface area contributed by atoms with Crippen LogP contribution >= 0.6 is 11.6 Å². The van der Waals surface area contributed by atoms with Crippen molar-refractivity contribution in [2.24, 2.45) is 0 Å². The van der Waals surface area contributed by atoms with Crippen LogP contribution in [0.1, 0.15) is 24.3 Å². The Balaban J connectivity index is 1.98. The number of furan rings is 1. The molecule has 0 spiro atoms.